The molecule has 0 saturated carbocycles. The molecule has 0 aliphatic heterocycles. The van der Waals surface area contributed by atoms with E-state index >= 15 is 0 Å². The molecule has 0 fully saturated rings. The first-order chi connectivity index (χ1) is 12.1. The van der Waals surface area contributed by atoms with Crippen molar-refractivity contribution in [3.63, 3.8) is 0 Å². The zero-order valence-electron chi connectivity index (χ0n) is 14.2. The van der Waals surface area contributed by atoms with Gasteiger partial charge in [-0.05, 0) is 43.3 Å². The van der Waals surface area contributed by atoms with E-state index in [0.29, 0.717) is 29.9 Å². The lowest BCUT2D eigenvalue weighted by molar-refractivity contribution is -0.132. The molecule has 130 valence electrons. The standard InChI is InChI=1S/C20H20FNO3/c1-14(18-8-5-13-24-18)22(2)20(23)12-10-15-9-11-19(25-15)16-6-3-4-7-17(16)21/h3-9,11,13-14H,10,12H2,1-2H3. The van der Waals surface area contributed by atoms with Crippen molar-refractivity contribution in [3.8, 4) is 11.3 Å². The first-order valence-electron chi connectivity index (χ1n) is 8.19. The van der Waals surface area contributed by atoms with Crippen molar-refractivity contribution in [2.24, 2.45) is 0 Å². The lowest BCUT2D eigenvalue weighted by atomic mass is 10.1. The van der Waals surface area contributed by atoms with Crippen LogP contribution in [0, 0.1) is 5.82 Å². The summed E-state index contributed by atoms with van der Waals surface area (Å²) >= 11 is 0. The van der Waals surface area contributed by atoms with Crippen LogP contribution < -0.4 is 0 Å². The molecule has 0 N–H and O–H groups in total. The lowest BCUT2D eigenvalue weighted by Crippen LogP contribution is -2.29. The van der Waals surface area contributed by atoms with Crippen LogP contribution >= 0.6 is 0 Å². The molecule has 25 heavy (non-hydrogen) atoms. The number of nitrogens with zero attached hydrogens (tertiary/aromatic N) is 1. The van der Waals surface area contributed by atoms with Crippen LogP contribution in [0.1, 0.15) is 30.9 Å². The molecule has 0 radical (unpaired) electrons. The van der Waals surface area contributed by atoms with Crippen molar-refractivity contribution in [1.82, 2.24) is 4.90 Å². The summed E-state index contributed by atoms with van der Waals surface area (Å²) in [6, 6.07) is 13.5. The summed E-state index contributed by atoms with van der Waals surface area (Å²) in [5.74, 6) is 1.54. The number of amides is 1. The van der Waals surface area contributed by atoms with Gasteiger partial charge in [-0.25, -0.2) is 4.39 Å². The number of carbonyl (C=O) groups excluding carboxylic acids is 1. The van der Waals surface area contributed by atoms with Crippen LogP contribution in [0.4, 0.5) is 4.39 Å². The highest BCUT2D eigenvalue weighted by Crippen LogP contribution is 2.26. The average molecular weight is 341 g/mol. The Hall–Kier alpha value is -2.82. The van der Waals surface area contributed by atoms with Gasteiger partial charge in [-0.15, -0.1) is 0 Å². The SMILES string of the molecule is CC(c1ccco1)N(C)C(=O)CCc1ccc(-c2ccccc2F)o1. The minimum absolute atomic E-state index is 0.00672. The fourth-order valence-electron chi connectivity index (χ4n) is 2.66. The number of carbonyl (C=O) groups is 1. The van der Waals surface area contributed by atoms with Crippen LogP contribution in [0.2, 0.25) is 0 Å². The number of aryl methyl sites for hydroxylation is 1. The van der Waals surface area contributed by atoms with Gasteiger partial charge in [-0.3, -0.25) is 4.79 Å². The number of hydrogen-bond acceptors (Lipinski definition) is 3. The van der Waals surface area contributed by atoms with Crippen LogP contribution in [-0.4, -0.2) is 17.9 Å². The van der Waals surface area contributed by atoms with Crippen molar-refractivity contribution in [2.75, 3.05) is 7.05 Å². The maximum atomic E-state index is 13.8. The second-order valence-corrected chi connectivity index (χ2v) is 5.94. The number of rotatable bonds is 6. The summed E-state index contributed by atoms with van der Waals surface area (Å²) in [4.78, 5) is 14.0. The van der Waals surface area contributed by atoms with Crippen molar-refractivity contribution < 1.29 is 18.0 Å². The van der Waals surface area contributed by atoms with Gasteiger partial charge in [0.25, 0.3) is 0 Å². The van der Waals surface area contributed by atoms with Gasteiger partial charge in [0, 0.05) is 19.9 Å². The summed E-state index contributed by atoms with van der Waals surface area (Å²) < 4.78 is 24.8. The van der Waals surface area contributed by atoms with Crippen LogP contribution in [-0.2, 0) is 11.2 Å². The molecule has 3 rings (SSSR count). The predicted molar refractivity (Wildman–Crippen MR) is 92.3 cm³/mol. The molecule has 2 aromatic heterocycles. The van der Waals surface area contributed by atoms with E-state index in [-0.39, 0.29) is 17.8 Å². The fraction of sp³-hybridized carbons (Fsp3) is 0.250. The Morgan fingerprint density at radius 2 is 1.96 bits per heavy atom. The van der Waals surface area contributed by atoms with E-state index in [0.717, 1.165) is 5.76 Å². The average Bonchev–Trinajstić information content (AvgIpc) is 3.30. The van der Waals surface area contributed by atoms with E-state index in [1.165, 1.54) is 6.07 Å². The normalized spacial score (nSPS) is 12.1. The van der Waals surface area contributed by atoms with Crippen molar-refractivity contribution in [3.05, 3.63) is 72.1 Å². The van der Waals surface area contributed by atoms with E-state index < -0.39 is 0 Å². The molecule has 0 saturated heterocycles. The predicted octanol–water partition coefficient (Wildman–Crippen LogP) is 4.83. The molecule has 1 atom stereocenters. The van der Waals surface area contributed by atoms with E-state index in [9.17, 15) is 9.18 Å². The number of benzene rings is 1. The van der Waals surface area contributed by atoms with Gasteiger partial charge < -0.3 is 13.7 Å². The Morgan fingerprint density at radius 3 is 2.68 bits per heavy atom. The summed E-state index contributed by atoms with van der Waals surface area (Å²) in [5.41, 5.74) is 0.420. The third kappa shape index (κ3) is 3.82. The van der Waals surface area contributed by atoms with Gasteiger partial charge in [0.1, 0.15) is 23.1 Å². The van der Waals surface area contributed by atoms with Gasteiger partial charge in [0.15, 0.2) is 0 Å². The summed E-state index contributed by atoms with van der Waals surface area (Å²) in [6.45, 7) is 1.92. The largest absolute Gasteiger partial charge is 0.467 e. The molecule has 0 bridgehead atoms. The van der Waals surface area contributed by atoms with E-state index in [1.807, 2.05) is 13.0 Å². The lowest BCUT2D eigenvalue weighted by Gasteiger charge is -2.23. The smallest absolute Gasteiger partial charge is 0.223 e. The summed E-state index contributed by atoms with van der Waals surface area (Å²) in [7, 11) is 1.75. The first kappa shape index (κ1) is 17.0. The molecular weight excluding hydrogens is 321 g/mol. The molecule has 2 heterocycles. The Labute approximate surface area is 145 Å². The van der Waals surface area contributed by atoms with Crippen LogP contribution in [0.5, 0.6) is 0 Å². The highest BCUT2D eigenvalue weighted by atomic mass is 19.1. The molecule has 0 aliphatic carbocycles. The third-order valence-corrected chi connectivity index (χ3v) is 4.32. The van der Waals surface area contributed by atoms with Crippen molar-refractivity contribution in [1.29, 1.82) is 0 Å². The highest BCUT2D eigenvalue weighted by Gasteiger charge is 2.19. The Morgan fingerprint density at radius 1 is 1.16 bits per heavy atom. The third-order valence-electron chi connectivity index (χ3n) is 4.32. The maximum absolute atomic E-state index is 13.8. The van der Waals surface area contributed by atoms with Gasteiger partial charge in [-0.2, -0.15) is 0 Å². The van der Waals surface area contributed by atoms with Gasteiger partial charge in [0.05, 0.1) is 17.9 Å². The van der Waals surface area contributed by atoms with E-state index in [4.69, 9.17) is 8.83 Å². The highest BCUT2D eigenvalue weighted by molar-refractivity contribution is 5.76. The Balaban J connectivity index is 1.60. The quantitative estimate of drug-likeness (QED) is 0.645. The van der Waals surface area contributed by atoms with Gasteiger partial charge in [-0.1, -0.05) is 12.1 Å². The second kappa shape index (κ2) is 7.38. The van der Waals surface area contributed by atoms with Crippen LogP contribution in [0.3, 0.4) is 0 Å². The zero-order valence-corrected chi connectivity index (χ0v) is 14.2. The second-order valence-electron chi connectivity index (χ2n) is 5.94. The molecule has 1 unspecified atom stereocenters. The minimum Gasteiger partial charge on any atom is -0.467 e. The van der Waals surface area contributed by atoms with Crippen molar-refractivity contribution >= 4 is 5.91 Å². The van der Waals surface area contributed by atoms with Crippen LogP contribution in [0.15, 0.2) is 63.6 Å². The molecule has 4 nitrogen and oxygen atoms in total. The minimum atomic E-state index is -0.327. The van der Waals surface area contributed by atoms with Crippen molar-refractivity contribution in [2.45, 2.75) is 25.8 Å². The fourth-order valence-corrected chi connectivity index (χ4v) is 2.66. The number of halogens is 1. The Bertz CT molecular complexity index is 838. The summed E-state index contributed by atoms with van der Waals surface area (Å²) in [6.07, 6.45) is 2.37. The maximum Gasteiger partial charge on any atom is 0.223 e. The first-order valence-corrected chi connectivity index (χ1v) is 8.19. The molecule has 1 amide bonds. The molecule has 0 spiro atoms. The topological polar surface area (TPSA) is 46.6 Å². The number of furan rings is 2. The van der Waals surface area contributed by atoms with E-state index in [2.05, 4.69) is 0 Å². The Kier molecular flexibility index (Phi) is 5.03. The van der Waals surface area contributed by atoms with Gasteiger partial charge in [0.2, 0.25) is 5.91 Å². The van der Waals surface area contributed by atoms with Crippen LogP contribution in [0.25, 0.3) is 11.3 Å². The molecule has 5 heteroatoms. The molecular formula is C20H20FNO3. The molecule has 3 aromatic rings. The van der Waals surface area contributed by atoms with Gasteiger partial charge >= 0.3 is 0 Å². The zero-order chi connectivity index (χ0) is 17.8. The van der Waals surface area contributed by atoms with E-state index in [1.54, 1.807) is 54.6 Å². The number of hydrogen-bond donors (Lipinski definition) is 0. The molecule has 1 aromatic carbocycles. The summed E-state index contributed by atoms with van der Waals surface area (Å²) in [5, 5.41) is 0. The molecule has 0 aliphatic rings. The monoisotopic (exact) mass is 341 g/mol.